The van der Waals surface area contributed by atoms with Crippen molar-refractivity contribution in [1.29, 1.82) is 5.26 Å². The third kappa shape index (κ3) is 2.67. The second-order valence-electron chi connectivity index (χ2n) is 2.78. The highest BCUT2D eigenvalue weighted by Crippen LogP contribution is 2.12. The van der Waals surface area contributed by atoms with E-state index in [2.05, 4.69) is 0 Å². The average molecular weight is 193 g/mol. The molecule has 2 unspecified atom stereocenters. The SMILES string of the molecule is CC(CC#N)S(=O)c1ccccc1. The highest BCUT2D eigenvalue weighted by molar-refractivity contribution is 7.85. The quantitative estimate of drug-likeness (QED) is 0.737. The van der Waals surface area contributed by atoms with Crippen LogP contribution in [0.5, 0.6) is 0 Å². The first-order chi connectivity index (χ1) is 6.25. The molecule has 0 spiro atoms. The average Bonchev–Trinajstić information content (AvgIpc) is 2.18. The van der Waals surface area contributed by atoms with E-state index in [1.807, 2.05) is 43.3 Å². The van der Waals surface area contributed by atoms with E-state index in [1.54, 1.807) is 0 Å². The summed E-state index contributed by atoms with van der Waals surface area (Å²) in [6.07, 6.45) is 0.335. The van der Waals surface area contributed by atoms with Gasteiger partial charge in [-0.2, -0.15) is 5.26 Å². The van der Waals surface area contributed by atoms with Gasteiger partial charge in [0.1, 0.15) is 0 Å². The largest absolute Gasteiger partial charge is 0.254 e. The van der Waals surface area contributed by atoms with Crippen molar-refractivity contribution in [3.8, 4) is 6.07 Å². The predicted molar refractivity (Wildman–Crippen MR) is 52.5 cm³/mol. The van der Waals surface area contributed by atoms with Crippen LogP contribution in [0, 0.1) is 11.3 Å². The Kier molecular flexibility index (Phi) is 3.66. The van der Waals surface area contributed by atoms with Gasteiger partial charge in [0.25, 0.3) is 0 Å². The van der Waals surface area contributed by atoms with Crippen LogP contribution in [-0.4, -0.2) is 9.46 Å². The molecule has 0 fully saturated rings. The Balaban J connectivity index is 2.75. The van der Waals surface area contributed by atoms with Crippen molar-refractivity contribution in [3.05, 3.63) is 30.3 Å². The lowest BCUT2D eigenvalue weighted by Crippen LogP contribution is -2.09. The van der Waals surface area contributed by atoms with E-state index in [0.29, 0.717) is 6.42 Å². The summed E-state index contributed by atoms with van der Waals surface area (Å²) in [4.78, 5) is 0.797. The Morgan fingerprint density at radius 1 is 1.46 bits per heavy atom. The fraction of sp³-hybridized carbons (Fsp3) is 0.300. The van der Waals surface area contributed by atoms with Crippen molar-refractivity contribution < 1.29 is 4.21 Å². The minimum atomic E-state index is -1.05. The van der Waals surface area contributed by atoms with E-state index >= 15 is 0 Å². The van der Waals surface area contributed by atoms with Crippen molar-refractivity contribution in [2.75, 3.05) is 0 Å². The summed E-state index contributed by atoms with van der Waals surface area (Å²) in [5.74, 6) is 0. The van der Waals surface area contributed by atoms with E-state index in [0.717, 1.165) is 4.90 Å². The Morgan fingerprint density at radius 3 is 2.62 bits per heavy atom. The summed E-state index contributed by atoms with van der Waals surface area (Å²) < 4.78 is 11.7. The van der Waals surface area contributed by atoms with E-state index in [9.17, 15) is 4.21 Å². The molecule has 1 aromatic rings. The summed E-state index contributed by atoms with van der Waals surface area (Å²) in [6.45, 7) is 1.83. The minimum Gasteiger partial charge on any atom is -0.254 e. The predicted octanol–water partition coefficient (Wildman–Crippen LogP) is 2.10. The normalized spacial score (nSPS) is 14.5. The molecule has 1 aromatic carbocycles. The maximum atomic E-state index is 11.7. The molecule has 0 aliphatic carbocycles. The van der Waals surface area contributed by atoms with Gasteiger partial charge in [-0.15, -0.1) is 0 Å². The van der Waals surface area contributed by atoms with Crippen LogP contribution in [0.25, 0.3) is 0 Å². The van der Waals surface area contributed by atoms with Gasteiger partial charge in [-0.25, -0.2) is 0 Å². The molecule has 0 saturated heterocycles. The van der Waals surface area contributed by atoms with E-state index in [-0.39, 0.29) is 5.25 Å². The molecule has 0 saturated carbocycles. The zero-order chi connectivity index (χ0) is 9.68. The smallest absolute Gasteiger partial charge is 0.0634 e. The maximum absolute atomic E-state index is 11.7. The van der Waals surface area contributed by atoms with Gasteiger partial charge in [-0.05, 0) is 19.1 Å². The van der Waals surface area contributed by atoms with Crippen LogP contribution in [0.3, 0.4) is 0 Å². The van der Waals surface area contributed by atoms with Gasteiger partial charge in [0.2, 0.25) is 0 Å². The maximum Gasteiger partial charge on any atom is 0.0634 e. The van der Waals surface area contributed by atoms with Crippen molar-refractivity contribution >= 4 is 10.8 Å². The molecule has 0 radical (unpaired) electrons. The molecule has 0 aliphatic rings. The highest BCUT2D eigenvalue weighted by Gasteiger charge is 2.11. The zero-order valence-corrected chi connectivity index (χ0v) is 8.25. The molecule has 68 valence electrons. The van der Waals surface area contributed by atoms with Crippen molar-refractivity contribution in [1.82, 2.24) is 0 Å². The molecule has 0 bridgehead atoms. The lowest BCUT2D eigenvalue weighted by Gasteiger charge is -2.06. The number of nitrogens with zero attached hydrogens (tertiary/aromatic N) is 1. The number of benzene rings is 1. The fourth-order valence-corrected chi connectivity index (χ4v) is 2.11. The van der Waals surface area contributed by atoms with Crippen LogP contribution in [-0.2, 0) is 10.8 Å². The Bertz CT molecular complexity index is 329. The van der Waals surface area contributed by atoms with Gasteiger partial charge in [-0.3, -0.25) is 4.21 Å². The topological polar surface area (TPSA) is 40.9 Å². The van der Waals surface area contributed by atoms with Gasteiger partial charge in [0, 0.05) is 16.6 Å². The molecule has 3 heteroatoms. The molecular formula is C10H11NOS. The van der Waals surface area contributed by atoms with Crippen LogP contribution >= 0.6 is 0 Å². The Morgan fingerprint density at radius 2 is 2.08 bits per heavy atom. The molecule has 0 amide bonds. The number of hydrogen-bond donors (Lipinski definition) is 0. The van der Waals surface area contributed by atoms with Crippen molar-refractivity contribution in [2.24, 2.45) is 0 Å². The van der Waals surface area contributed by atoms with Gasteiger partial charge in [0.15, 0.2) is 0 Å². The Hall–Kier alpha value is -1.14. The molecule has 2 nitrogen and oxygen atoms in total. The molecule has 0 aromatic heterocycles. The molecule has 2 atom stereocenters. The van der Waals surface area contributed by atoms with Gasteiger partial charge >= 0.3 is 0 Å². The minimum absolute atomic E-state index is 0.0904. The molecule has 13 heavy (non-hydrogen) atoms. The van der Waals surface area contributed by atoms with E-state index < -0.39 is 10.8 Å². The summed E-state index contributed by atoms with van der Waals surface area (Å²) in [6, 6.07) is 11.3. The number of hydrogen-bond acceptors (Lipinski definition) is 2. The van der Waals surface area contributed by atoms with Crippen LogP contribution in [0.2, 0.25) is 0 Å². The summed E-state index contributed by atoms with van der Waals surface area (Å²) in [5, 5.41) is 8.36. The summed E-state index contributed by atoms with van der Waals surface area (Å²) in [7, 11) is -1.05. The van der Waals surface area contributed by atoms with Gasteiger partial charge in [-0.1, -0.05) is 18.2 Å². The first-order valence-electron chi connectivity index (χ1n) is 4.08. The third-order valence-electron chi connectivity index (χ3n) is 1.72. The second kappa shape index (κ2) is 4.78. The Labute approximate surface area is 80.7 Å². The van der Waals surface area contributed by atoms with Crippen molar-refractivity contribution in [2.45, 2.75) is 23.5 Å². The summed E-state index contributed by atoms with van der Waals surface area (Å²) >= 11 is 0. The lowest BCUT2D eigenvalue weighted by atomic mass is 10.4. The van der Waals surface area contributed by atoms with Crippen molar-refractivity contribution in [3.63, 3.8) is 0 Å². The van der Waals surface area contributed by atoms with Crippen LogP contribution < -0.4 is 0 Å². The first kappa shape index (κ1) is 9.94. The van der Waals surface area contributed by atoms with Crippen LogP contribution in [0.15, 0.2) is 35.2 Å². The molecule has 0 heterocycles. The third-order valence-corrected chi connectivity index (χ3v) is 3.35. The van der Waals surface area contributed by atoms with Crippen LogP contribution in [0.1, 0.15) is 13.3 Å². The van der Waals surface area contributed by atoms with Crippen LogP contribution in [0.4, 0.5) is 0 Å². The standard InChI is InChI=1S/C10H11NOS/c1-9(7-8-11)13(12)10-5-3-2-4-6-10/h2-6,9H,7H2,1H3. The number of nitriles is 1. The monoisotopic (exact) mass is 193 g/mol. The van der Waals surface area contributed by atoms with E-state index in [1.165, 1.54) is 0 Å². The molecule has 0 aliphatic heterocycles. The zero-order valence-electron chi connectivity index (χ0n) is 7.43. The lowest BCUT2D eigenvalue weighted by molar-refractivity contribution is 0.673. The summed E-state index contributed by atoms with van der Waals surface area (Å²) in [5.41, 5.74) is 0. The van der Waals surface area contributed by atoms with Gasteiger partial charge in [0.05, 0.1) is 16.9 Å². The second-order valence-corrected chi connectivity index (χ2v) is 4.65. The number of rotatable bonds is 3. The van der Waals surface area contributed by atoms with E-state index in [4.69, 9.17) is 5.26 Å². The highest BCUT2D eigenvalue weighted by atomic mass is 32.2. The van der Waals surface area contributed by atoms with Gasteiger partial charge < -0.3 is 0 Å². The molecule has 1 rings (SSSR count). The fourth-order valence-electron chi connectivity index (χ4n) is 0.991. The first-order valence-corrected chi connectivity index (χ1v) is 5.29. The molecule has 0 N–H and O–H groups in total. The molecular weight excluding hydrogens is 182 g/mol.